The van der Waals surface area contributed by atoms with E-state index in [2.05, 4.69) is 155 Å². The number of benzene rings is 6. The predicted octanol–water partition coefficient (Wildman–Crippen LogP) is 12.2. The molecule has 2 saturated heterocycles. The molecule has 6 aromatic carbocycles. The van der Waals surface area contributed by atoms with Gasteiger partial charge in [-0.3, -0.25) is 9.80 Å². The number of rotatable bonds is 14. The summed E-state index contributed by atoms with van der Waals surface area (Å²) in [6, 6.07) is 51.8. The molecule has 2 heterocycles. The third kappa shape index (κ3) is 10.3. The second kappa shape index (κ2) is 21.1. The van der Waals surface area contributed by atoms with Crippen molar-refractivity contribution in [3.63, 3.8) is 0 Å². The molecule has 10 rings (SSSR count). The highest BCUT2D eigenvalue weighted by molar-refractivity contribution is 6.02. The molecule has 2 fully saturated rings. The van der Waals surface area contributed by atoms with Crippen LogP contribution < -0.4 is 18.9 Å². The van der Waals surface area contributed by atoms with Crippen molar-refractivity contribution in [1.82, 2.24) is 9.80 Å². The third-order valence-electron chi connectivity index (χ3n) is 13.3. The van der Waals surface area contributed by atoms with E-state index in [0.29, 0.717) is 0 Å². The molecule has 0 aromatic heterocycles. The lowest BCUT2D eigenvalue weighted by Gasteiger charge is -2.25. The summed E-state index contributed by atoms with van der Waals surface area (Å²) in [5.74, 6) is 3.74. The predicted molar refractivity (Wildman–Crippen MR) is 263 cm³/mol. The van der Waals surface area contributed by atoms with Crippen molar-refractivity contribution in [1.29, 1.82) is 0 Å². The molecule has 0 N–H and O–H groups in total. The summed E-state index contributed by atoms with van der Waals surface area (Å²) in [7, 11) is 3.47. The van der Waals surface area contributed by atoms with Crippen molar-refractivity contribution in [3.8, 4) is 23.0 Å². The molecular weight excluding hydrogens is 789 g/mol. The van der Waals surface area contributed by atoms with E-state index in [4.69, 9.17) is 18.9 Å². The van der Waals surface area contributed by atoms with E-state index in [1.54, 1.807) is 14.2 Å². The van der Waals surface area contributed by atoms with Crippen LogP contribution in [0.4, 0.5) is 0 Å². The van der Waals surface area contributed by atoms with Gasteiger partial charge in [-0.05, 0) is 193 Å². The van der Waals surface area contributed by atoms with Crippen molar-refractivity contribution >= 4 is 22.3 Å². The van der Waals surface area contributed by atoms with E-state index in [9.17, 15) is 0 Å². The number of aryl methyl sites for hydroxylation is 2. The Hall–Kier alpha value is -6.08. The maximum absolute atomic E-state index is 6.05. The van der Waals surface area contributed by atoms with Crippen LogP contribution in [0.3, 0.4) is 0 Å². The number of fused-ring (bicyclic) bond motifs is 2. The molecule has 0 amide bonds. The zero-order valence-corrected chi connectivity index (χ0v) is 37.7. The molecule has 6 aromatic rings. The minimum atomic E-state index is 0.750. The van der Waals surface area contributed by atoms with Gasteiger partial charge in [0.25, 0.3) is 0 Å². The lowest BCUT2D eigenvalue weighted by atomic mass is 9.79. The Morgan fingerprint density at radius 2 is 0.766 bits per heavy atom. The average Bonchev–Trinajstić information content (AvgIpc) is 4.10. The summed E-state index contributed by atoms with van der Waals surface area (Å²) in [5, 5.41) is 0. The minimum absolute atomic E-state index is 0.750. The molecule has 6 nitrogen and oxygen atoms in total. The highest BCUT2D eigenvalue weighted by atomic mass is 16.5. The van der Waals surface area contributed by atoms with Gasteiger partial charge in [-0.25, -0.2) is 0 Å². The normalized spacial score (nSPS) is 16.2. The van der Waals surface area contributed by atoms with Crippen LogP contribution in [0.15, 0.2) is 146 Å². The van der Waals surface area contributed by atoms with E-state index in [0.717, 1.165) is 75.0 Å². The molecule has 2 aliphatic carbocycles. The van der Waals surface area contributed by atoms with Crippen molar-refractivity contribution in [2.24, 2.45) is 0 Å². The highest BCUT2D eigenvalue weighted by Crippen LogP contribution is 2.43. The summed E-state index contributed by atoms with van der Waals surface area (Å²) < 4.78 is 23.1. The van der Waals surface area contributed by atoms with Crippen molar-refractivity contribution in [2.75, 3.05) is 66.7 Å². The van der Waals surface area contributed by atoms with Crippen molar-refractivity contribution in [3.05, 3.63) is 190 Å². The van der Waals surface area contributed by atoms with Gasteiger partial charge in [-0.2, -0.15) is 0 Å². The number of methoxy groups -OCH3 is 2. The van der Waals surface area contributed by atoms with Crippen LogP contribution in [0.25, 0.3) is 22.3 Å². The molecule has 0 unspecified atom stereocenters. The maximum atomic E-state index is 6.05. The number of hydrogen-bond donors (Lipinski definition) is 0. The van der Waals surface area contributed by atoms with Gasteiger partial charge >= 0.3 is 0 Å². The summed E-state index contributed by atoms with van der Waals surface area (Å²) in [6.07, 6.45) is 9.38. The summed E-state index contributed by atoms with van der Waals surface area (Å²) in [5.41, 5.74) is 15.9. The van der Waals surface area contributed by atoms with E-state index < -0.39 is 0 Å². The summed E-state index contributed by atoms with van der Waals surface area (Å²) in [6.45, 7) is 8.37. The largest absolute Gasteiger partial charge is 0.497 e. The lowest BCUT2D eigenvalue weighted by molar-refractivity contribution is 0.237. The Balaban J connectivity index is 0.000000162. The standard InChI is InChI=1S/2C29H31NO2/c2*1-31-26-14-16-28-24(21-26)11-15-27(22-7-3-2-4-8-22)29(28)23-9-12-25(13-10-23)32-20-19-30-17-5-6-18-30/h2*2-4,7-10,12-14,16,21H,5-6,11,15,17-20H2,1H3. The number of ether oxygens (including phenoxy) is 4. The SMILES string of the molecule is COc1ccc2c(c1)CCC(c1ccccc1)=C2c1ccc(OCCN2CCCC2)cc1.COc1ccc2c(c1)CCC(c1ccccc1)=C2c1ccc(OCCN2CCCC2)cc1. The highest BCUT2D eigenvalue weighted by Gasteiger charge is 2.24. The van der Waals surface area contributed by atoms with Crippen LogP contribution in [0, 0.1) is 0 Å². The minimum Gasteiger partial charge on any atom is -0.497 e. The van der Waals surface area contributed by atoms with Gasteiger partial charge in [-0.15, -0.1) is 0 Å². The topological polar surface area (TPSA) is 43.4 Å². The molecule has 0 radical (unpaired) electrons. The zero-order valence-electron chi connectivity index (χ0n) is 37.7. The lowest BCUT2D eigenvalue weighted by Crippen LogP contribution is -2.25. The summed E-state index contributed by atoms with van der Waals surface area (Å²) >= 11 is 0. The molecule has 0 bridgehead atoms. The summed E-state index contributed by atoms with van der Waals surface area (Å²) in [4.78, 5) is 4.97. The van der Waals surface area contributed by atoms with Crippen LogP contribution in [-0.4, -0.2) is 76.5 Å². The smallest absolute Gasteiger partial charge is 0.119 e. The first-order valence-corrected chi connectivity index (χ1v) is 23.5. The molecule has 328 valence electrons. The van der Waals surface area contributed by atoms with Crippen LogP contribution in [0.2, 0.25) is 0 Å². The Morgan fingerprint density at radius 3 is 1.14 bits per heavy atom. The van der Waals surface area contributed by atoms with E-state index in [-0.39, 0.29) is 0 Å². The fourth-order valence-corrected chi connectivity index (χ4v) is 9.94. The Bertz CT molecular complexity index is 2340. The van der Waals surface area contributed by atoms with Crippen LogP contribution in [-0.2, 0) is 12.8 Å². The molecular formula is C58H62N2O4. The van der Waals surface area contributed by atoms with Gasteiger partial charge in [0.1, 0.15) is 36.2 Å². The number of nitrogens with zero attached hydrogens (tertiary/aromatic N) is 2. The zero-order chi connectivity index (χ0) is 43.5. The quantitative estimate of drug-likeness (QED) is 0.109. The molecule has 2 aliphatic heterocycles. The van der Waals surface area contributed by atoms with Gasteiger partial charge in [0, 0.05) is 13.1 Å². The maximum Gasteiger partial charge on any atom is 0.119 e. The third-order valence-corrected chi connectivity index (χ3v) is 13.3. The first kappa shape index (κ1) is 43.2. The van der Waals surface area contributed by atoms with E-state index in [1.165, 1.54) is 119 Å². The number of hydrogen-bond acceptors (Lipinski definition) is 6. The van der Waals surface area contributed by atoms with Crippen LogP contribution in [0.1, 0.15) is 83.0 Å². The number of allylic oxidation sites excluding steroid dienone is 2. The van der Waals surface area contributed by atoms with Gasteiger partial charge in [0.05, 0.1) is 14.2 Å². The Labute approximate surface area is 380 Å². The Kier molecular flexibility index (Phi) is 14.2. The van der Waals surface area contributed by atoms with Gasteiger partial charge < -0.3 is 18.9 Å². The van der Waals surface area contributed by atoms with Crippen molar-refractivity contribution in [2.45, 2.75) is 51.4 Å². The van der Waals surface area contributed by atoms with E-state index >= 15 is 0 Å². The fraction of sp³-hybridized carbons (Fsp3) is 0.310. The number of likely N-dealkylation sites (tertiary alicyclic amines) is 2. The van der Waals surface area contributed by atoms with Crippen LogP contribution in [0.5, 0.6) is 23.0 Å². The average molecular weight is 851 g/mol. The van der Waals surface area contributed by atoms with E-state index in [1.807, 2.05) is 0 Å². The van der Waals surface area contributed by atoms with Gasteiger partial charge in [-0.1, -0.05) is 97.1 Å². The monoisotopic (exact) mass is 850 g/mol. The molecule has 4 aliphatic rings. The molecule has 0 spiro atoms. The van der Waals surface area contributed by atoms with Crippen molar-refractivity contribution < 1.29 is 18.9 Å². The molecule has 64 heavy (non-hydrogen) atoms. The molecule has 6 heteroatoms. The molecule has 0 atom stereocenters. The first-order valence-electron chi connectivity index (χ1n) is 23.5. The van der Waals surface area contributed by atoms with Gasteiger partial charge in [0.2, 0.25) is 0 Å². The van der Waals surface area contributed by atoms with Crippen LogP contribution >= 0.6 is 0 Å². The fourth-order valence-electron chi connectivity index (χ4n) is 9.94. The first-order chi connectivity index (χ1) is 31.6. The second-order valence-electron chi connectivity index (χ2n) is 17.3. The Morgan fingerprint density at radius 1 is 0.391 bits per heavy atom. The van der Waals surface area contributed by atoms with Gasteiger partial charge in [0.15, 0.2) is 0 Å². The molecule has 0 saturated carbocycles. The second-order valence-corrected chi connectivity index (χ2v) is 17.3.